The Hall–Kier alpha value is -2.62. The summed E-state index contributed by atoms with van der Waals surface area (Å²) in [4.78, 5) is 13.8. The molecule has 0 fully saturated rings. The molecule has 0 atom stereocenters. The summed E-state index contributed by atoms with van der Waals surface area (Å²) in [5.41, 5.74) is 4.06. The van der Waals surface area contributed by atoms with E-state index in [9.17, 15) is 10.1 Å². The highest BCUT2D eigenvalue weighted by Gasteiger charge is 2.13. The number of aromatic nitrogens is 1. The molecular weight excluding hydrogens is 240 g/mol. The monoisotopic (exact) mass is 252 g/mol. The van der Waals surface area contributed by atoms with E-state index in [2.05, 4.69) is 4.98 Å². The molecule has 1 heterocycles. The summed E-state index contributed by atoms with van der Waals surface area (Å²) in [7, 11) is 0. The fourth-order valence-electron chi connectivity index (χ4n) is 2.42. The van der Waals surface area contributed by atoms with Crippen LogP contribution in [0.5, 0.6) is 0 Å². The third kappa shape index (κ3) is 1.87. The van der Waals surface area contributed by atoms with Crippen LogP contribution in [0.25, 0.3) is 22.0 Å². The van der Waals surface area contributed by atoms with Crippen LogP contribution in [-0.4, -0.2) is 9.91 Å². The molecule has 0 aliphatic carbocycles. The molecule has 2 aromatic carbocycles. The van der Waals surface area contributed by atoms with E-state index in [0.29, 0.717) is 0 Å². The highest BCUT2D eigenvalue weighted by molar-refractivity contribution is 5.97. The second kappa shape index (κ2) is 4.24. The first kappa shape index (κ1) is 11.5. The lowest BCUT2D eigenvalue weighted by Gasteiger charge is -2.02. The van der Waals surface area contributed by atoms with Gasteiger partial charge in [0.1, 0.15) is 0 Å². The van der Waals surface area contributed by atoms with Gasteiger partial charge in [-0.05, 0) is 18.6 Å². The molecule has 0 spiro atoms. The molecular formula is C15H12N2O2. The Morgan fingerprint density at radius 3 is 2.68 bits per heavy atom. The van der Waals surface area contributed by atoms with Crippen molar-refractivity contribution in [3.8, 4) is 11.1 Å². The first-order valence-electron chi connectivity index (χ1n) is 5.99. The van der Waals surface area contributed by atoms with Crippen LogP contribution in [0.2, 0.25) is 0 Å². The maximum atomic E-state index is 10.9. The van der Waals surface area contributed by atoms with Gasteiger partial charge < -0.3 is 4.98 Å². The van der Waals surface area contributed by atoms with Crippen molar-refractivity contribution < 1.29 is 4.92 Å². The minimum absolute atomic E-state index is 0.113. The van der Waals surface area contributed by atoms with E-state index in [-0.39, 0.29) is 10.6 Å². The third-order valence-corrected chi connectivity index (χ3v) is 3.24. The zero-order valence-corrected chi connectivity index (χ0v) is 10.4. The average molecular weight is 252 g/mol. The summed E-state index contributed by atoms with van der Waals surface area (Å²) in [6, 6.07) is 14.7. The van der Waals surface area contributed by atoms with Gasteiger partial charge in [-0.1, -0.05) is 30.3 Å². The molecule has 4 heteroatoms. The number of fused-ring (bicyclic) bond motifs is 1. The Balaban J connectivity index is 2.27. The van der Waals surface area contributed by atoms with Crippen molar-refractivity contribution in [2.45, 2.75) is 6.92 Å². The molecule has 0 saturated heterocycles. The van der Waals surface area contributed by atoms with Gasteiger partial charge in [0.05, 0.1) is 4.92 Å². The number of hydrogen-bond donors (Lipinski definition) is 1. The van der Waals surface area contributed by atoms with Crippen LogP contribution in [0, 0.1) is 17.0 Å². The number of hydrogen-bond acceptors (Lipinski definition) is 2. The van der Waals surface area contributed by atoms with Crippen molar-refractivity contribution in [1.29, 1.82) is 0 Å². The molecule has 0 amide bonds. The number of aryl methyl sites for hydroxylation is 1. The van der Waals surface area contributed by atoms with E-state index in [0.717, 1.165) is 27.7 Å². The average Bonchev–Trinajstić information content (AvgIpc) is 2.74. The van der Waals surface area contributed by atoms with Crippen LogP contribution in [-0.2, 0) is 0 Å². The largest absolute Gasteiger partial charge is 0.358 e. The van der Waals surface area contributed by atoms with Crippen LogP contribution < -0.4 is 0 Å². The maximum absolute atomic E-state index is 10.9. The van der Waals surface area contributed by atoms with E-state index >= 15 is 0 Å². The Morgan fingerprint density at radius 1 is 1.11 bits per heavy atom. The Bertz CT molecular complexity index is 775. The fraction of sp³-hybridized carbons (Fsp3) is 0.0667. The number of aromatic amines is 1. The zero-order chi connectivity index (χ0) is 13.4. The molecule has 4 nitrogen and oxygen atoms in total. The smallest absolute Gasteiger partial charge is 0.270 e. The van der Waals surface area contributed by atoms with Crippen molar-refractivity contribution in [3.63, 3.8) is 0 Å². The van der Waals surface area contributed by atoms with Gasteiger partial charge in [0.25, 0.3) is 5.69 Å². The van der Waals surface area contributed by atoms with Crippen LogP contribution in [0.15, 0.2) is 48.5 Å². The molecule has 94 valence electrons. The molecule has 3 rings (SSSR count). The van der Waals surface area contributed by atoms with Gasteiger partial charge >= 0.3 is 0 Å². The van der Waals surface area contributed by atoms with E-state index in [1.165, 1.54) is 6.07 Å². The maximum Gasteiger partial charge on any atom is 0.270 e. The van der Waals surface area contributed by atoms with Crippen LogP contribution in [0.3, 0.4) is 0 Å². The molecule has 1 N–H and O–H groups in total. The van der Waals surface area contributed by atoms with E-state index in [1.54, 1.807) is 12.1 Å². The van der Waals surface area contributed by atoms with Gasteiger partial charge in [-0.3, -0.25) is 10.1 Å². The molecule has 19 heavy (non-hydrogen) atoms. The topological polar surface area (TPSA) is 58.9 Å². The molecule has 1 aromatic heterocycles. The fourth-order valence-corrected chi connectivity index (χ4v) is 2.42. The summed E-state index contributed by atoms with van der Waals surface area (Å²) in [5, 5.41) is 12.0. The van der Waals surface area contributed by atoms with Gasteiger partial charge in [0, 0.05) is 34.3 Å². The Morgan fingerprint density at radius 2 is 1.89 bits per heavy atom. The number of H-pyrrole nitrogens is 1. The molecule has 0 aliphatic heterocycles. The number of nitro groups is 1. The summed E-state index contributed by atoms with van der Waals surface area (Å²) >= 11 is 0. The van der Waals surface area contributed by atoms with Gasteiger partial charge in [0.2, 0.25) is 0 Å². The SMILES string of the molecule is Cc1[nH]c2ccccc2c1-c1cccc([N+](=O)[O-])c1. The molecule has 0 unspecified atom stereocenters. The lowest BCUT2D eigenvalue weighted by Crippen LogP contribution is -1.88. The van der Waals surface area contributed by atoms with Crippen molar-refractivity contribution in [2.24, 2.45) is 0 Å². The van der Waals surface area contributed by atoms with Gasteiger partial charge in [0.15, 0.2) is 0 Å². The number of nitrogens with one attached hydrogen (secondary N) is 1. The standard InChI is InChI=1S/C15H12N2O2/c1-10-15(13-7-2-3-8-14(13)16-10)11-5-4-6-12(9-11)17(18)19/h2-9,16H,1H3. The molecule has 0 bridgehead atoms. The first-order valence-corrected chi connectivity index (χ1v) is 5.99. The summed E-state index contributed by atoms with van der Waals surface area (Å²) in [6.07, 6.45) is 0. The number of benzene rings is 2. The van der Waals surface area contributed by atoms with Crippen LogP contribution in [0.4, 0.5) is 5.69 Å². The Kier molecular flexibility index (Phi) is 2.56. The van der Waals surface area contributed by atoms with Crippen LogP contribution >= 0.6 is 0 Å². The van der Waals surface area contributed by atoms with E-state index in [1.807, 2.05) is 37.3 Å². The number of nitro benzene ring substituents is 1. The van der Waals surface area contributed by atoms with Crippen molar-refractivity contribution in [2.75, 3.05) is 0 Å². The lowest BCUT2D eigenvalue weighted by molar-refractivity contribution is -0.384. The molecule has 3 aromatic rings. The minimum atomic E-state index is -0.367. The summed E-state index contributed by atoms with van der Waals surface area (Å²) in [6.45, 7) is 1.98. The lowest BCUT2D eigenvalue weighted by atomic mass is 10.0. The predicted octanol–water partition coefficient (Wildman–Crippen LogP) is 4.05. The quantitative estimate of drug-likeness (QED) is 0.552. The number of para-hydroxylation sites is 1. The third-order valence-electron chi connectivity index (χ3n) is 3.24. The number of nitrogens with zero attached hydrogens (tertiary/aromatic N) is 1. The van der Waals surface area contributed by atoms with Crippen molar-refractivity contribution in [1.82, 2.24) is 4.98 Å². The minimum Gasteiger partial charge on any atom is -0.358 e. The Labute approximate surface area is 109 Å². The number of rotatable bonds is 2. The number of non-ortho nitro benzene ring substituents is 1. The highest BCUT2D eigenvalue weighted by atomic mass is 16.6. The molecule has 0 radical (unpaired) electrons. The van der Waals surface area contributed by atoms with Gasteiger partial charge in [-0.2, -0.15) is 0 Å². The predicted molar refractivity (Wildman–Crippen MR) is 75.1 cm³/mol. The van der Waals surface area contributed by atoms with Crippen molar-refractivity contribution >= 4 is 16.6 Å². The normalized spacial score (nSPS) is 10.8. The van der Waals surface area contributed by atoms with Gasteiger partial charge in [-0.15, -0.1) is 0 Å². The second-order valence-corrected chi connectivity index (χ2v) is 4.48. The van der Waals surface area contributed by atoms with Gasteiger partial charge in [-0.25, -0.2) is 0 Å². The van der Waals surface area contributed by atoms with Crippen LogP contribution in [0.1, 0.15) is 5.69 Å². The second-order valence-electron chi connectivity index (χ2n) is 4.48. The molecule has 0 aliphatic rings. The summed E-state index contributed by atoms with van der Waals surface area (Å²) < 4.78 is 0. The zero-order valence-electron chi connectivity index (χ0n) is 10.4. The van der Waals surface area contributed by atoms with Crippen molar-refractivity contribution in [3.05, 3.63) is 64.3 Å². The summed E-state index contributed by atoms with van der Waals surface area (Å²) in [5.74, 6) is 0. The first-order chi connectivity index (χ1) is 9.16. The highest BCUT2D eigenvalue weighted by Crippen LogP contribution is 2.33. The van der Waals surface area contributed by atoms with E-state index < -0.39 is 0 Å². The molecule has 0 saturated carbocycles. The van der Waals surface area contributed by atoms with E-state index in [4.69, 9.17) is 0 Å².